The summed E-state index contributed by atoms with van der Waals surface area (Å²) in [5.74, 6) is -2.16. The summed E-state index contributed by atoms with van der Waals surface area (Å²) in [4.78, 5) is 48.1. The van der Waals surface area contributed by atoms with E-state index < -0.39 is 28.7 Å². The van der Waals surface area contributed by atoms with Gasteiger partial charge in [-0.25, -0.2) is 14.4 Å². The van der Waals surface area contributed by atoms with E-state index >= 15 is 0 Å². The van der Waals surface area contributed by atoms with Crippen molar-refractivity contribution in [2.24, 2.45) is 0 Å². The molecule has 2 aromatic carbocycles. The van der Waals surface area contributed by atoms with Gasteiger partial charge in [-0.3, -0.25) is 10.1 Å². The van der Waals surface area contributed by atoms with Crippen molar-refractivity contribution in [3.63, 3.8) is 0 Å². The van der Waals surface area contributed by atoms with Crippen LogP contribution >= 0.6 is 0 Å². The fraction of sp³-hybridized carbons (Fsp3) is 0.321. The Morgan fingerprint density at radius 1 is 0.949 bits per heavy atom. The number of esters is 3. The van der Waals surface area contributed by atoms with Gasteiger partial charge >= 0.3 is 17.9 Å². The van der Waals surface area contributed by atoms with Crippen LogP contribution in [-0.2, 0) is 35.0 Å². The molecule has 0 saturated carbocycles. The van der Waals surface area contributed by atoms with Crippen molar-refractivity contribution in [1.82, 2.24) is 5.32 Å². The minimum Gasteiger partial charge on any atom is -0.482 e. The average Bonchev–Trinajstić information content (AvgIpc) is 2.93. The number of hydrogen-bond donors (Lipinski definition) is 1. The lowest BCUT2D eigenvalue weighted by atomic mass is 9.80. The lowest BCUT2D eigenvalue weighted by molar-refractivity contribution is -0.384. The number of aryl methyl sites for hydroxylation is 1. The highest BCUT2D eigenvalue weighted by atomic mass is 16.6. The summed E-state index contributed by atoms with van der Waals surface area (Å²) in [5.41, 5.74) is 2.51. The molecule has 1 aliphatic heterocycles. The molecule has 0 radical (unpaired) electrons. The van der Waals surface area contributed by atoms with E-state index in [1.54, 1.807) is 32.0 Å². The number of nitro benzene ring substituents is 1. The molecular formula is C28H30N2O9. The number of hydrogen-bond acceptors (Lipinski definition) is 10. The van der Waals surface area contributed by atoms with E-state index in [0.29, 0.717) is 35.5 Å². The van der Waals surface area contributed by atoms with Gasteiger partial charge in [0.1, 0.15) is 5.75 Å². The van der Waals surface area contributed by atoms with E-state index in [-0.39, 0.29) is 30.0 Å². The van der Waals surface area contributed by atoms with E-state index in [1.807, 2.05) is 12.1 Å². The van der Waals surface area contributed by atoms with Crippen LogP contribution < -0.4 is 10.1 Å². The molecule has 0 saturated heterocycles. The zero-order valence-corrected chi connectivity index (χ0v) is 22.1. The highest BCUT2D eigenvalue weighted by Crippen LogP contribution is 2.40. The predicted molar refractivity (Wildman–Crippen MR) is 140 cm³/mol. The third-order valence-electron chi connectivity index (χ3n) is 6.15. The van der Waals surface area contributed by atoms with Crippen LogP contribution in [0.25, 0.3) is 0 Å². The van der Waals surface area contributed by atoms with Crippen molar-refractivity contribution < 1.29 is 38.3 Å². The molecule has 0 aliphatic carbocycles. The molecule has 39 heavy (non-hydrogen) atoms. The van der Waals surface area contributed by atoms with Crippen LogP contribution in [0.2, 0.25) is 0 Å². The first-order valence-corrected chi connectivity index (χ1v) is 12.1. The van der Waals surface area contributed by atoms with Gasteiger partial charge in [-0.1, -0.05) is 24.3 Å². The number of non-ortho nitro benzene ring substituents is 1. The van der Waals surface area contributed by atoms with Crippen LogP contribution in [0.1, 0.15) is 37.3 Å². The lowest BCUT2D eigenvalue weighted by Crippen LogP contribution is -2.32. The van der Waals surface area contributed by atoms with Gasteiger partial charge in [0.15, 0.2) is 6.61 Å². The molecule has 0 spiro atoms. The van der Waals surface area contributed by atoms with Crippen molar-refractivity contribution in [1.29, 1.82) is 0 Å². The Balaban J connectivity index is 1.72. The fourth-order valence-electron chi connectivity index (χ4n) is 4.27. The molecule has 1 N–H and O–H groups in total. The van der Waals surface area contributed by atoms with Gasteiger partial charge in [-0.05, 0) is 49.9 Å². The summed E-state index contributed by atoms with van der Waals surface area (Å²) in [6, 6.07) is 13.0. The first kappa shape index (κ1) is 28.9. The molecule has 0 bridgehead atoms. The topological polar surface area (TPSA) is 143 Å². The first-order valence-electron chi connectivity index (χ1n) is 12.1. The normalized spacial score (nSPS) is 14.8. The summed E-state index contributed by atoms with van der Waals surface area (Å²) in [5, 5.41) is 14.4. The third-order valence-corrected chi connectivity index (χ3v) is 6.15. The van der Waals surface area contributed by atoms with Gasteiger partial charge in [0.25, 0.3) is 5.69 Å². The van der Waals surface area contributed by atoms with Gasteiger partial charge in [-0.15, -0.1) is 0 Å². The first-order chi connectivity index (χ1) is 18.7. The molecule has 1 heterocycles. The van der Waals surface area contributed by atoms with Crippen molar-refractivity contribution in [3.8, 4) is 5.75 Å². The van der Waals surface area contributed by atoms with Crippen molar-refractivity contribution in [2.45, 2.75) is 32.6 Å². The summed E-state index contributed by atoms with van der Waals surface area (Å²) < 4.78 is 20.4. The van der Waals surface area contributed by atoms with E-state index in [9.17, 15) is 24.5 Å². The van der Waals surface area contributed by atoms with Crippen molar-refractivity contribution in [2.75, 3.05) is 27.4 Å². The van der Waals surface area contributed by atoms with Gasteiger partial charge in [0, 0.05) is 23.5 Å². The summed E-state index contributed by atoms with van der Waals surface area (Å²) >= 11 is 0. The SMILES string of the molecule is COC(=O)COc1ccc(CCCOC(=O)C2=C(C)NC(C)=C(C(=O)OC)C2c2cccc([N+](=O)[O-])c2)cc1. The second-order valence-electron chi connectivity index (χ2n) is 8.73. The number of dihydropyridines is 1. The van der Waals surface area contributed by atoms with Crippen LogP contribution in [0.4, 0.5) is 5.69 Å². The minimum absolute atomic E-state index is 0.105. The Hall–Kier alpha value is -4.67. The Morgan fingerprint density at radius 3 is 2.23 bits per heavy atom. The molecule has 11 heteroatoms. The van der Waals surface area contributed by atoms with Gasteiger partial charge in [-0.2, -0.15) is 0 Å². The number of benzene rings is 2. The predicted octanol–water partition coefficient (Wildman–Crippen LogP) is 3.73. The largest absolute Gasteiger partial charge is 0.482 e. The second-order valence-corrected chi connectivity index (χ2v) is 8.73. The zero-order valence-electron chi connectivity index (χ0n) is 22.1. The van der Waals surface area contributed by atoms with Gasteiger partial charge in [0.05, 0.1) is 42.8 Å². The third kappa shape index (κ3) is 7.22. The van der Waals surface area contributed by atoms with E-state index in [0.717, 1.165) is 5.56 Å². The Bertz CT molecular complexity index is 1310. The maximum Gasteiger partial charge on any atom is 0.343 e. The number of ether oxygens (including phenoxy) is 4. The summed E-state index contributed by atoms with van der Waals surface area (Å²) in [7, 11) is 2.52. The second kappa shape index (κ2) is 13.2. The monoisotopic (exact) mass is 538 g/mol. The maximum atomic E-state index is 13.3. The van der Waals surface area contributed by atoms with E-state index in [2.05, 4.69) is 10.1 Å². The molecule has 1 aliphatic rings. The van der Waals surface area contributed by atoms with Crippen LogP contribution in [-0.4, -0.2) is 50.3 Å². The Labute approximate surface area is 225 Å². The highest BCUT2D eigenvalue weighted by molar-refractivity contribution is 5.99. The summed E-state index contributed by atoms with van der Waals surface area (Å²) in [6.07, 6.45) is 1.13. The lowest BCUT2D eigenvalue weighted by Gasteiger charge is -2.30. The maximum absolute atomic E-state index is 13.3. The van der Waals surface area contributed by atoms with E-state index in [4.69, 9.17) is 14.2 Å². The van der Waals surface area contributed by atoms with Crippen LogP contribution in [0.3, 0.4) is 0 Å². The fourth-order valence-corrected chi connectivity index (χ4v) is 4.27. The molecule has 0 amide bonds. The number of nitrogens with zero attached hydrogens (tertiary/aromatic N) is 1. The molecule has 206 valence electrons. The molecule has 2 aromatic rings. The molecule has 3 rings (SSSR count). The van der Waals surface area contributed by atoms with Gasteiger partial charge < -0.3 is 24.3 Å². The number of carbonyl (C=O) groups excluding carboxylic acids is 3. The molecular weight excluding hydrogens is 508 g/mol. The number of nitro groups is 1. The molecule has 11 nitrogen and oxygen atoms in total. The molecule has 1 unspecified atom stereocenters. The van der Waals surface area contributed by atoms with Crippen LogP contribution in [0.15, 0.2) is 71.1 Å². The van der Waals surface area contributed by atoms with Crippen molar-refractivity contribution >= 4 is 23.6 Å². The number of carbonyl (C=O) groups is 3. The number of nitrogens with one attached hydrogen (secondary N) is 1. The molecule has 1 atom stereocenters. The van der Waals surface area contributed by atoms with Gasteiger partial charge in [0.2, 0.25) is 0 Å². The van der Waals surface area contributed by atoms with Crippen LogP contribution in [0.5, 0.6) is 5.75 Å². The van der Waals surface area contributed by atoms with E-state index in [1.165, 1.54) is 32.4 Å². The highest BCUT2D eigenvalue weighted by Gasteiger charge is 2.38. The molecule has 0 fully saturated rings. The van der Waals surface area contributed by atoms with Crippen molar-refractivity contribution in [3.05, 3.63) is 92.3 Å². The smallest absolute Gasteiger partial charge is 0.343 e. The quantitative estimate of drug-likeness (QED) is 0.148. The average molecular weight is 539 g/mol. The standard InChI is InChI=1S/C28H30N2O9/c1-17-24(27(32)37-4)26(20-8-5-9-21(15-20)30(34)35)25(18(2)29-17)28(33)38-14-6-7-19-10-12-22(13-11-19)39-16-23(31)36-3/h5,8-13,15,26,29H,6-7,14,16H2,1-4H3. The number of methoxy groups -OCH3 is 2. The van der Waals surface area contributed by atoms with Crippen LogP contribution in [0, 0.1) is 10.1 Å². The minimum atomic E-state index is -0.913. The number of rotatable bonds is 11. The Morgan fingerprint density at radius 2 is 1.62 bits per heavy atom. The summed E-state index contributed by atoms with van der Waals surface area (Å²) in [6.45, 7) is 3.28. The Kier molecular flexibility index (Phi) is 9.80. The molecule has 0 aromatic heterocycles. The number of allylic oxidation sites excluding steroid dienone is 2. The zero-order chi connectivity index (χ0) is 28.5.